The number of amides is 1. The normalized spacial score (nSPS) is 18.8. The smallest absolute Gasteiger partial charge is 0.273 e. The van der Waals surface area contributed by atoms with E-state index in [-0.39, 0.29) is 5.91 Å². The minimum absolute atomic E-state index is 0.282. The fourth-order valence-corrected chi connectivity index (χ4v) is 3.40. The van der Waals surface area contributed by atoms with Gasteiger partial charge in [-0.15, -0.1) is 0 Å². The van der Waals surface area contributed by atoms with Crippen LogP contribution >= 0.6 is 31.9 Å². The first kappa shape index (κ1) is 15.5. The Morgan fingerprint density at radius 1 is 1.35 bits per heavy atom. The summed E-state index contributed by atoms with van der Waals surface area (Å²) in [5, 5.41) is 4.23. The van der Waals surface area contributed by atoms with Crippen molar-refractivity contribution in [2.75, 3.05) is 5.73 Å². The zero-order chi connectivity index (χ0) is 14.7. The lowest BCUT2D eigenvalue weighted by Crippen LogP contribution is -2.22. The van der Waals surface area contributed by atoms with E-state index in [9.17, 15) is 4.79 Å². The Morgan fingerprint density at radius 2 is 2.00 bits per heavy atom. The number of hydrazone groups is 1. The van der Waals surface area contributed by atoms with Gasteiger partial charge in [0.05, 0.1) is 11.3 Å². The maximum Gasteiger partial charge on any atom is 0.273 e. The van der Waals surface area contributed by atoms with Gasteiger partial charge < -0.3 is 5.73 Å². The molecule has 0 saturated heterocycles. The highest BCUT2D eigenvalue weighted by Crippen LogP contribution is 2.28. The zero-order valence-electron chi connectivity index (χ0n) is 11.2. The summed E-state index contributed by atoms with van der Waals surface area (Å²) >= 11 is 6.68. The van der Waals surface area contributed by atoms with Gasteiger partial charge in [-0.25, -0.2) is 5.43 Å². The molecule has 20 heavy (non-hydrogen) atoms. The Morgan fingerprint density at radius 3 is 2.65 bits per heavy atom. The molecule has 2 rings (SSSR count). The molecule has 0 unspecified atom stereocenters. The summed E-state index contributed by atoms with van der Waals surface area (Å²) in [5.74, 6) is 0.469. The van der Waals surface area contributed by atoms with Crippen LogP contribution in [0.4, 0.5) is 5.69 Å². The molecule has 0 aliphatic heterocycles. The number of nitrogens with zero attached hydrogens (tertiary/aromatic N) is 1. The first-order chi connectivity index (χ1) is 9.47. The lowest BCUT2D eigenvalue weighted by molar-refractivity contribution is 0.0955. The van der Waals surface area contributed by atoms with Gasteiger partial charge in [0, 0.05) is 14.7 Å². The number of benzene rings is 1. The Kier molecular flexibility index (Phi) is 5.21. The first-order valence-corrected chi connectivity index (χ1v) is 8.16. The predicted octanol–water partition coefficient (Wildman–Crippen LogP) is 4.09. The molecule has 1 aromatic rings. The van der Waals surface area contributed by atoms with Crippen LogP contribution < -0.4 is 11.2 Å². The van der Waals surface area contributed by atoms with Crippen molar-refractivity contribution in [3.05, 3.63) is 26.6 Å². The van der Waals surface area contributed by atoms with Gasteiger partial charge in [-0.05, 0) is 59.7 Å². The molecular weight excluding hydrogens is 386 g/mol. The number of carbonyl (C=O) groups is 1. The number of carbonyl (C=O) groups excluding carboxylic acids is 1. The van der Waals surface area contributed by atoms with Crippen LogP contribution in [0.2, 0.25) is 0 Å². The largest absolute Gasteiger partial charge is 0.397 e. The molecule has 0 spiro atoms. The number of hydrogen-bond acceptors (Lipinski definition) is 3. The molecule has 1 amide bonds. The number of rotatable bonds is 2. The fourth-order valence-electron chi connectivity index (χ4n) is 2.17. The number of nitrogens with one attached hydrogen (secondary N) is 1. The van der Waals surface area contributed by atoms with Gasteiger partial charge in [0.15, 0.2) is 0 Å². The second-order valence-corrected chi connectivity index (χ2v) is 6.92. The van der Waals surface area contributed by atoms with Crippen molar-refractivity contribution in [2.24, 2.45) is 11.0 Å². The van der Waals surface area contributed by atoms with Crippen molar-refractivity contribution in [1.29, 1.82) is 0 Å². The molecule has 0 atom stereocenters. The summed E-state index contributed by atoms with van der Waals surface area (Å²) in [6.07, 6.45) is 4.19. The monoisotopic (exact) mass is 401 g/mol. The first-order valence-electron chi connectivity index (χ1n) is 6.57. The molecule has 1 saturated carbocycles. The molecule has 0 radical (unpaired) electrons. The van der Waals surface area contributed by atoms with Crippen molar-refractivity contribution in [3.8, 4) is 0 Å². The molecular formula is C14H17Br2N3O. The van der Waals surface area contributed by atoms with Gasteiger partial charge in [0.25, 0.3) is 5.91 Å². The van der Waals surface area contributed by atoms with E-state index in [2.05, 4.69) is 49.3 Å². The third-order valence-corrected chi connectivity index (χ3v) is 4.62. The number of halogens is 2. The molecule has 1 fully saturated rings. The Hall–Kier alpha value is -0.880. The number of nitrogens with two attached hydrogens (primary N) is 1. The van der Waals surface area contributed by atoms with Gasteiger partial charge in [-0.1, -0.05) is 22.9 Å². The SMILES string of the molecule is CC1CCC(=NNC(=O)c2cc(Br)cc(Br)c2N)CC1. The van der Waals surface area contributed by atoms with E-state index in [1.807, 2.05) is 0 Å². The van der Waals surface area contributed by atoms with Gasteiger partial charge in [-0.2, -0.15) is 5.10 Å². The minimum Gasteiger partial charge on any atom is -0.397 e. The number of anilines is 1. The third-order valence-electron chi connectivity index (χ3n) is 3.51. The van der Waals surface area contributed by atoms with E-state index in [1.54, 1.807) is 12.1 Å². The molecule has 4 nitrogen and oxygen atoms in total. The van der Waals surface area contributed by atoms with E-state index in [4.69, 9.17) is 5.73 Å². The summed E-state index contributed by atoms with van der Waals surface area (Å²) in [4.78, 5) is 12.1. The summed E-state index contributed by atoms with van der Waals surface area (Å²) in [7, 11) is 0. The standard InChI is InChI=1S/C14H17Br2N3O/c1-8-2-4-10(5-3-8)18-19-14(20)11-6-9(15)7-12(16)13(11)17/h6-8H,2-5,17H2,1H3,(H,19,20). The molecule has 0 aromatic heterocycles. The summed E-state index contributed by atoms with van der Waals surface area (Å²) in [6, 6.07) is 3.50. The van der Waals surface area contributed by atoms with Crippen molar-refractivity contribution in [2.45, 2.75) is 32.6 Å². The second kappa shape index (κ2) is 6.72. The molecule has 0 heterocycles. The Balaban J connectivity index is 2.07. The topological polar surface area (TPSA) is 67.5 Å². The van der Waals surface area contributed by atoms with Gasteiger partial charge in [0.1, 0.15) is 0 Å². The van der Waals surface area contributed by atoms with Crippen molar-refractivity contribution < 1.29 is 4.79 Å². The second-order valence-electron chi connectivity index (χ2n) is 5.15. The zero-order valence-corrected chi connectivity index (χ0v) is 14.4. The van der Waals surface area contributed by atoms with Crippen LogP contribution in [0.5, 0.6) is 0 Å². The summed E-state index contributed by atoms with van der Waals surface area (Å²) < 4.78 is 1.49. The maximum atomic E-state index is 12.1. The van der Waals surface area contributed by atoms with Crippen LogP contribution in [0.25, 0.3) is 0 Å². The van der Waals surface area contributed by atoms with E-state index in [0.717, 1.165) is 41.8 Å². The van der Waals surface area contributed by atoms with Crippen LogP contribution in [0.15, 0.2) is 26.2 Å². The van der Waals surface area contributed by atoms with E-state index >= 15 is 0 Å². The average molecular weight is 403 g/mol. The van der Waals surface area contributed by atoms with E-state index < -0.39 is 0 Å². The fraction of sp³-hybridized carbons (Fsp3) is 0.429. The highest BCUT2D eigenvalue weighted by atomic mass is 79.9. The van der Waals surface area contributed by atoms with Crippen LogP contribution in [-0.4, -0.2) is 11.6 Å². The molecule has 6 heteroatoms. The lowest BCUT2D eigenvalue weighted by atomic mass is 9.90. The van der Waals surface area contributed by atoms with Crippen molar-refractivity contribution in [1.82, 2.24) is 5.43 Å². The Bertz CT molecular complexity index is 548. The summed E-state index contributed by atoms with van der Waals surface area (Å²) in [6.45, 7) is 2.25. The van der Waals surface area contributed by atoms with Crippen LogP contribution in [-0.2, 0) is 0 Å². The average Bonchev–Trinajstić information content (AvgIpc) is 2.42. The summed E-state index contributed by atoms with van der Waals surface area (Å²) in [5.41, 5.74) is 10.4. The molecule has 0 bridgehead atoms. The number of nitrogen functional groups attached to an aromatic ring is 1. The molecule has 1 aromatic carbocycles. The third kappa shape index (κ3) is 3.82. The molecule has 1 aliphatic rings. The van der Waals surface area contributed by atoms with E-state index in [0.29, 0.717) is 15.7 Å². The maximum absolute atomic E-state index is 12.1. The van der Waals surface area contributed by atoms with E-state index in [1.165, 1.54) is 0 Å². The molecule has 3 N–H and O–H groups in total. The van der Waals surface area contributed by atoms with Crippen molar-refractivity contribution in [3.63, 3.8) is 0 Å². The van der Waals surface area contributed by atoms with Crippen molar-refractivity contribution >= 4 is 49.2 Å². The predicted molar refractivity (Wildman–Crippen MR) is 88.8 cm³/mol. The Labute approximate surface area is 135 Å². The van der Waals surface area contributed by atoms with Crippen LogP contribution in [0.1, 0.15) is 43.0 Å². The van der Waals surface area contributed by atoms with Crippen LogP contribution in [0.3, 0.4) is 0 Å². The lowest BCUT2D eigenvalue weighted by Gasteiger charge is -2.18. The quantitative estimate of drug-likeness (QED) is 0.577. The van der Waals surface area contributed by atoms with Gasteiger partial charge in [0.2, 0.25) is 0 Å². The van der Waals surface area contributed by atoms with Gasteiger partial charge in [-0.3, -0.25) is 4.79 Å². The molecule has 1 aliphatic carbocycles. The number of hydrogen-bond donors (Lipinski definition) is 2. The highest BCUT2D eigenvalue weighted by molar-refractivity contribution is 9.11. The van der Waals surface area contributed by atoms with Gasteiger partial charge >= 0.3 is 0 Å². The molecule has 108 valence electrons. The minimum atomic E-state index is -0.282. The highest BCUT2D eigenvalue weighted by Gasteiger charge is 2.16. The van der Waals surface area contributed by atoms with Crippen LogP contribution in [0, 0.1) is 5.92 Å².